The highest BCUT2D eigenvalue weighted by atomic mass is 35.5. The van der Waals surface area contributed by atoms with Gasteiger partial charge in [-0.2, -0.15) is 0 Å². The Bertz CT molecular complexity index is 1050. The van der Waals surface area contributed by atoms with Crippen LogP contribution in [0.4, 0.5) is 5.13 Å². The molecule has 0 atom stereocenters. The maximum absolute atomic E-state index is 12.5. The van der Waals surface area contributed by atoms with Crippen molar-refractivity contribution in [3.05, 3.63) is 58.9 Å². The Labute approximate surface area is 164 Å². The molecule has 0 aliphatic carbocycles. The van der Waals surface area contributed by atoms with E-state index < -0.39 is 15.9 Å². The Balaban J connectivity index is 1.73. The Kier molecular flexibility index (Phi) is 5.64. The van der Waals surface area contributed by atoms with Gasteiger partial charge in [0, 0.05) is 16.0 Å². The molecule has 3 aromatic rings. The Hall–Kier alpha value is -2.62. The lowest BCUT2D eigenvalue weighted by Crippen LogP contribution is -2.20. The third kappa shape index (κ3) is 4.97. The van der Waals surface area contributed by atoms with Crippen molar-refractivity contribution in [2.45, 2.75) is 4.90 Å². The molecule has 2 aromatic carbocycles. The van der Waals surface area contributed by atoms with Gasteiger partial charge in [0.25, 0.3) is 15.9 Å². The highest BCUT2D eigenvalue weighted by Crippen LogP contribution is 2.27. The third-order valence-electron chi connectivity index (χ3n) is 3.38. The molecule has 27 heavy (non-hydrogen) atoms. The van der Waals surface area contributed by atoms with E-state index in [9.17, 15) is 13.2 Å². The highest BCUT2D eigenvalue weighted by Gasteiger charge is 2.17. The fraction of sp³-hybridized carbons (Fsp3) is 0.0588. The molecule has 0 aliphatic rings. The second kappa shape index (κ2) is 7.95. The summed E-state index contributed by atoms with van der Waals surface area (Å²) in [6, 6.07) is 12.7. The molecule has 0 unspecified atom stereocenters. The zero-order valence-electron chi connectivity index (χ0n) is 13.8. The van der Waals surface area contributed by atoms with Gasteiger partial charge in [-0.25, -0.2) is 13.4 Å². The number of carbonyl (C=O) groups is 1. The van der Waals surface area contributed by atoms with Crippen molar-refractivity contribution in [1.29, 1.82) is 0 Å². The Morgan fingerprint density at radius 3 is 2.44 bits per heavy atom. The molecule has 3 rings (SSSR count). The van der Waals surface area contributed by atoms with E-state index in [-0.39, 0.29) is 16.6 Å². The summed E-state index contributed by atoms with van der Waals surface area (Å²) >= 11 is 7.04. The number of halogens is 1. The van der Waals surface area contributed by atoms with E-state index in [1.54, 1.807) is 29.6 Å². The molecule has 7 nitrogen and oxygen atoms in total. The third-order valence-corrected chi connectivity index (χ3v) is 5.87. The molecule has 140 valence electrons. The summed E-state index contributed by atoms with van der Waals surface area (Å²) < 4.78 is 32.5. The molecule has 1 aromatic heterocycles. The van der Waals surface area contributed by atoms with Crippen LogP contribution in [0.5, 0.6) is 5.75 Å². The zero-order valence-corrected chi connectivity index (χ0v) is 16.1. The van der Waals surface area contributed by atoms with Gasteiger partial charge in [-0.1, -0.05) is 23.7 Å². The highest BCUT2D eigenvalue weighted by molar-refractivity contribution is 7.93. The summed E-state index contributed by atoms with van der Waals surface area (Å²) in [5.74, 6) is -0.277. The number of thiazole rings is 1. The number of aromatic nitrogens is 1. The number of benzene rings is 2. The van der Waals surface area contributed by atoms with Gasteiger partial charge in [0.05, 0.1) is 10.6 Å². The molecule has 0 saturated carbocycles. The molecule has 0 aliphatic heterocycles. The molecule has 0 radical (unpaired) electrons. The average Bonchev–Trinajstić information content (AvgIpc) is 3.08. The van der Waals surface area contributed by atoms with E-state index in [2.05, 4.69) is 9.71 Å². The van der Waals surface area contributed by atoms with Crippen LogP contribution in [0.15, 0.2) is 58.8 Å². The maximum atomic E-state index is 12.5. The number of ether oxygens (including phenoxy) is 1. The first-order valence-electron chi connectivity index (χ1n) is 7.59. The molecule has 10 heteroatoms. The van der Waals surface area contributed by atoms with Crippen molar-refractivity contribution >= 4 is 44.0 Å². The van der Waals surface area contributed by atoms with E-state index in [0.717, 1.165) is 5.56 Å². The molecule has 1 heterocycles. The first-order chi connectivity index (χ1) is 12.8. The first-order valence-corrected chi connectivity index (χ1v) is 10.3. The summed E-state index contributed by atoms with van der Waals surface area (Å²) in [6.45, 7) is -0.281. The van der Waals surface area contributed by atoms with Crippen molar-refractivity contribution in [2.24, 2.45) is 5.73 Å². The quantitative estimate of drug-likeness (QED) is 0.606. The Morgan fingerprint density at radius 1 is 1.15 bits per heavy atom. The van der Waals surface area contributed by atoms with E-state index in [0.29, 0.717) is 16.5 Å². The van der Waals surface area contributed by atoms with Crippen molar-refractivity contribution in [3.63, 3.8) is 0 Å². The SMILES string of the molecule is NC(=O)COc1ccc(S(=O)(=O)Nc2nc(-c3ccc(Cl)cc3)cs2)cc1. The van der Waals surface area contributed by atoms with Crippen LogP contribution in [0.2, 0.25) is 5.02 Å². The molecule has 0 bridgehead atoms. The van der Waals surface area contributed by atoms with Gasteiger partial charge in [0.1, 0.15) is 5.75 Å². The number of primary amides is 1. The molecule has 3 N–H and O–H groups in total. The molecule has 0 spiro atoms. The number of nitrogens with one attached hydrogen (secondary N) is 1. The van der Waals surface area contributed by atoms with Crippen LogP contribution >= 0.6 is 22.9 Å². The summed E-state index contributed by atoms with van der Waals surface area (Å²) in [6.07, 6.45) is 0. The number of nitrogens with zero attached hydrogens (tertiary/aromatic N) is 1. The summed E-state index contributed by atoms with van der Waals surface area (Å²) in [5, 5.41) is 2.61. The van der Waals surface area contributed by atoms with E-state index in [4.69, 9.17) is 22.1 Å². The van der Waals surface area contributed by atoms with E-state index in [1.165, 1.54) is 35.6 Å². The Morgan fingerprint density at radius 2 is 1.81 bits per heavy atom. The van der Waals surface area contributed by atoms with Gasteiger partial charge < -0.3 is 10.5 Å². The fourth-order valence-corrected chi connectivity index (χ4v) is 4.22. The number of carbonyl (C=O) groups excluding carboxylic acids is 1. The van der Waals surface area contributed by atoms with Crippen LogP contribution in [0, 0.1) is 0 Å². The van der Waals surface area contributed by atoms with Crippen LogP contribution in [0.1, 0.15) is 0 Å². The maximum Gasteiger partial charge on any atom is 0.263 e. The van der Waals surface area contributed by atoms with Crippen LogP contribution in [0.25, 0.3) is 11.3 Å². The van der Waals surface area contributed by atoms with Crippen LogP contribution in [0.3, 0.4) is 0 Å². The second-order valence-electron chi connectivity index (χ2n) is 5.38. The van der Waals surface area contributed by atoms with E-state index >= 15 is 0 Å². The predicted octanol–water partition coefficient (Wildman–Crippen LogP) is 3.13. The predicted molar refractivity (Wildman–Crippen MR) is 104 cm³/mol. The molecule has 0 fully saturated rings. The van der Waals surface area contributed by atoms with Crippen molar-refractivity contribution in [3.8, 4) is 17.0 Å². The number of anilines is 1. The normalized spacial score (nSPS) is 11.1. The minimum atomic E-state index is -3.81. The minimum absolute atomic E-state index is 0.0390. The summed E-state index contributed by atoms with van der Waals surface area (Å²) in [4.78, 5) is 15.0. The lowest BCUT2D eigenvalue weighted by molar-refractivity contribution is -0.119. The summed E-state index contributed by atoms with van der Waals surface area (Å²) in [7, 11) is -3.81. The van der Waals surface area contributed by atoms with Gasteiger partial charge in [-0.15, -0.1) is 11.3 Å². The standard InChI is InChI=1S/C17H14ClN3O4S2/c18-12-3-1-11(2-4-12)15-10-26-17(20-15)21-27(23,24)14-7-5-13(6-8-14)25-9-16(19)22/h1-8,10H,9H2,(H2,19,22)(H,20,21). The number of hydrogen-bond donors (Lipinski definition) is 2. The van der Waals surface area contributed by atoms with Crippen LogP contribution in [-0.4, -0.2) is 25.9 Å². The van der Waals surface area contributed by atoms with Gasteiger partial charge >= 0.3 is 0 Å². The smallest absolute Gasteiger partial charge is 0.263 e. The van der Waals surface area contributed by atoms with Crippen LogP contribution in [-0.2, 0) is 14.8 Å². The second-order valence-corrected chi connectivity index (χ2v) is 8.35. The van der Waals surface area contributed by atoms with Crippen LogP contribution < -0.4 is 15.2 Å². The number of amides is 1. The number of nitrogens with two attached hydrogens (primary N) is 1. The molecule has 1 amide bonds. The largest absolute Gasteiger partial charge is 0.484 e. The molecular weight excluding hydrogens is 410 g/mol. The topological polar surface area (TPSA) is 111 Å². The molecular formula is C17H14ClN3O4S2. The van der Waals surface area contributed by atoms with Crippen molar-refractivity contribution < 1.29 is 17.9 Å². The van der Waals surface area contributed by atoms with Gasteiger partial charge in [-0.05, 0) is 36.4 Å². The zero-order chi connectivity index (χ0) is 19.4. The monoisotopic (exact) mass is 423 g/mol. The summed E-state index contributed by atoms with van der Waals surface area (Å²) in [5.41, 5.74) is 6.47. The fourth-order valence-electron chi connectivity index (χ4n) is 2.12. The number of hydrogen-bond acceptors (Lipinski definition) is 6. The first kappa shape index (κ1) is 19.2. The van der Waals surface area contributed by atoms with E-state index in [1.807, 2.05) is 0 Å². The number of sulfonamides is 1. The molecule has 0 saturated heterocycles. The average molecular weight is 424 g/mol. The van der Waals surface area contributed by atoms with Crippen molar-refractivity contribution in [1.82, 2.24) is 4.98 Å². The number of rotatable bonds is 7. The minimum Gasteiger partial charge on any atom is -0.484 e. The van der Waals surface area contributed by atoms with Gasteiger partial charge in [0.2, 0.25) is 0 Å². The van der Waals surface area contributed by atoms with Gasteiger partial charge in [0.15, 0.2) is 11.7 Å². The lowest BCUT2D eigenvalue weighted by Gasteiger charge is -2.07. The van der Waals surface area contributed by atoms with Crippen molar-refractivity contribution in [2.75, 3.05) is 11.3 Å². The lowest BCUT2D eigenvalue weighted by atomic mass is 10.2. The van der Waals surface area contributed by atoms with Gasteiger partial charge in [-0.3, -0.25) is 9.52 Å².